The molecule has 1 atom stereocenters. The summed E-state index contributed by atoms with van der Waals surface area (Å²) in [5, 5.41) is 14.6. The van der Waals surface area contributed by atoms with Gasteiger partial charge in [-0.25, -0.2) is 0 Å². The number of non-ortho nitro benzene ring substituents is 1. The fourth-order valence-corrected chi connectivity index (χ4v) is 2.16. The molecule has 0 fully saturated rings. The highest BCUT2D eigenvalue weighted by Crippen LogP contribution is 2.26. The van der Waals surface area contributed by atoms with Crippen molar-refractivity contribution in [3.8, 4) is 0 Å². The Hall–Kier alpha value is -2.07. The van der Waals surface area contributed by atoms with E-state index in [-0.39, 0.29) is 11.7 Å². The van der Waals surface area contributed by atoms with E-state index >= 15 is 0 Å². The molecule has 4 nitrogen and oxygen atoms in total. The fourth-order valence-electron chi connectivity index (χ4n) is 1.86. The molecule has 0 saturated heterocycles. The van der Waals surface area contributed by atoms with Gasteiger partial charge in [0.1, 0.15) is 0 Å². The number of hydrogen-bond acceptors (Lipinski definition) is 3. The maximum atomic E-state index is 10.7. The summed E-state index contributed by atoms with van der Waals surface area (Å²) in [6.45, 7) is 1.96. The first-order chi connectivity index (χ1) is 9.08. The van der Waals surface area contributed by atoms with E-state index in [4.69, 9.17) is 11.6 Å². The van der Waals surface area contributed by atoms with Crippen LogP contribution in [0.4, 0.5) is 11.4 Å². The van der Waals surface area contributed by atoms with Crippen molar-refractivity contribution in [2.24, 2.45) is 0 Å². The van der Waals surface area contributed by atoms with Crippen LogP contribution in [0.5, 0.6) is 0 Å². The van der Waals surface area contributed by atoms with Gasteiger partial charge < -0.3 is 5.32 Å². The molecule has 2 aromatic carbocycles. The van der Waals surface area contributed by atoms with Gasteiger partial charge in [0.25, 0.3) is 5.69 Å². The Bertz CT molecular complexity index is 602. The van der Waals surface area contributed by atoms with Crippen LogP contribution < -0.4 is 5.32 Å². The van der Waals surface area contributed by atoms with E-state index in [0.717, 1.165) is 5.56 Å². The molecule has 0 bridgehead atoms. The lowest BCUT2D eigenvalue weighted by Gasteiger charge is -2.16. The van der Waals surface area contributed by atoms with Crippen LogP contribution in [-0.4, -0.2) is 4.92 Å². The molecular formula is C14H13ClN2O2. The summed E-state index contributed by atoms with van der Waals surface area (Å²) in [6, 6.07) is 13.9. The first kappa shape index (κ1) is 13.4. The van der Waals surface area contributed by atoms with Crippen molar-refractivity contribution in [1.29, 1.82) is 0 Å². The van der Waals surface area contributed by atoms with Gasteiger partial charge in [0.2, 0.25) is 0 Å². The highest BCUT2D eigenvalue weighted by Gasteiger charge is 2.11. The Morgan fingerprint density at radius 2 is 1.95 bits per heavy atom. The van der Waals surface area contributed by atoms with E-state index in [9.17, 15) is 10.1 Å². The molecule has 2 aromatic rings. The largest absolute Gasteiger partial charge is 0.378 e. The third-order valence-corrected chi connectivity index (χ3v) is 3.16. The fraction of sp³-hybridized carbons (Fsp3) is 0.143. The van der Waals surface area contributed by atoms with Gasteiger partial charge >= 0.3 is 0 Å². The van der Waals surface area contributed by atoms with E-state index in [0.29, 0.717) is 10.7 Å². The van der Waals surface area contributed by atoms with Gasteiger partial charge in [-0.3, -0.25) is 10.1 Å². The summed E-state index contributed by atoms with van der Waals surface area (Å²) in [5.74, 6) is 0. The minimum atomic E-state index is -0.411. The van der Waals surface area contributed by atoms with Crippen LogP contribution >= 0.6 is 11.6 Å². The van der Waals surface area contributed by atoms with Crippen LogP contribution in [0.2, 0.25) is 5.02 Å². The van der Waals surface area contributed by atoms with Crippen LogP contribution in [-0.2, 0) is 0 Å². The van der Waals surface area contributed by atoms with E-state index in [1.807, 2.05) is 31.2 Å². The first-order valence-corrected chi connectivity index (χ1v) is 6.21. The predicted molar refractivity (Wildman–Crippen MR) is 76.6 cm³/mol. The van der Waals surface area contributed by atoms with Gasteiger partial charge in [0, 0.05) is 28.9 Å². The molecule has 98 valence electrons. The monoisotopic (exact) mass is 276 g/mol. The Kier molecular flexibility index (Phi) is 4.02. The van der Waals surface area contributed by atoms with Crippen molar-refractivity contribution in [2.75, 3.05) is 5.32 Å². The van der Waals surface area contributed by atoms with E-state index in [1.165, 1.54) is 12.1 Å². The minimum Gasteiger partial charge on any atom is -0.378 e. The average Bonchev–Trinajstić information content (AvgIpc) is 2.39. The molecule has 0 saturated carbocycles. The summed E-state index contributed by atoms with van der Waals surface area (Å²) in [5.41, 5.74) is 1.72. The van der Waals surface area contributed by atoms with E-state index in [1.54, 1.807) is 12.1 Å². The molecule has 0 aromatic heterocycles. The maximum Gasteiger partial charge on any atom is 0.271 e. The Balaban J connectivity index is 2.19. The quantitative estimate of drug-likeness (QED) is 0.664. The van der Waals surface area contributed by atoms with Crippen LogP contribution in [0.15, 0.2) is 48.5 Å². The van der Waals surface area contributed by atoms with Crippen LogP contribution in [0.1, 0.15) is 18.5 Å². The van der Waals surface area contributed by atoms with Crippen molar-refractivity contribution in [2.45, 2.75) is 13.0 Å². The zero-order chi connectivity index (χ0) is 13.8. The van der Waals surface area contributed by atoms with Gasteiger partial charge in [0.05, 0.1) is 4.92 Å². The molecule has 0 aliphatic rings. The first-order valence-electron chi connectivity index (χ1n) is 5.83. The lowest BCUT2D eigenvalue weighted by Crippen LogP contribution is -2.07. The van der Waals surface area contributed by atoms with Gasteiger partial charge in [-0.1, -0.05) is 35.9 Å². The van der Waals surface area contributed by atoms with Crippen molar-refractivity contribution in [3.05, 3.63) is 69.2 Å². The second kappa shape index (κ2) is 5.71. The van der Waals surface area contributed by atoms with Crippen LogP contribution in [0, 0.1) is 10.1 Å². The number of nitro groups is 1. The normalized spacial score (nSPS) is 11.9. The standard InChI is InChI=1S/C14H13ClN2O2/c1-10(13-7-2-3-8-14(13)15)16-11-5-4-6-12(9-11)17(18)19/h2-10,16H,1H3. The molecule has 0 aliphatic heterocycles. The maximum absolute atomic E-state index is 10.7. The molecule has 19 heavy (non-hydrogen) atoms. The smallest absolute Gasteiger partial charge is 0.271 e. The summed E-state index contributed by atoms with van der Waals surface area (Å²) in [4.78, 5) is 10.3. The second-order valence-corrected chi connectivity index (χ2v) is 4.60. The number of nitrogens with one attached hydrogen (secondary N) is 1. The highest BCUT2D eigenvalue weighted by molar-refractivity contribution is 6.31. The van der Waals surface area contributed by atoms with Gasteiger partial charge in [-0.15, -0.1) is 0 Å². The summed E-state index contributed by atoms with van der Waals surface area (Å²) < 4.78 is 0. The number of benzene rings is 2. The number of anilines is 1. The van der Waals surface area contributed by atoms with Gasteiger partial charge in [-0.05, 0) is 24.6 Å². The van der Waals surface area contributed by atoms with Crippen molar-refractivity contribution in [1.82, 2.24) is 0 Å². The van der Waals surface area contributed by atoms with Crippen molar-refractivity contribution >= 4 is 23.0 Å². The number of nitro benzene ring substituents is 1. The van der Waals surface area contributed by atoms with Crippen molar-refractivity contribution < 1.29 is 4.92 Å². The van der Waals surface area contributed by atoms with Gasteiger partial charge in [0.15, 0.2) is 0 Å². The molecule has 1 unspecified atom stereocenters. The molecular weight excluding hydrogens is 264 g/mol. The van der Waals surface area contributed by atoms with E-state index < -0.39 is 4.92 Å². The molecule has 0 spiro atoms. The molecule has 5 heteroatoms. The topological polar surface area (TPSA) is 55.2 Å². The third kappa shape index (κ3) is 3.23. The number of hydrogen-bond donors (Lipinski definition) is 1. The number of halogens is 1. The third-order valence-electron chi connectivity index (χ3n) is 2.81. The second-order valence-electron chi connectivity index (χ2n) is 4.19. The predicted octanol–water partition coefficient (Wildman–Crippen LogP) is 4.42. The van der Waals surface area contributed by atoms with E-state index in [2.05, 4.69) is 5.32 Å². The lowest BCUT2D eigenvalue weighted by molar-refractivity contribution is -0.384. The number of rotatable bonds is 4. The SMILES string of the molecule is CC(Nc1cccc([N+](=O)[O-])c1)c1ccccc1Cl. The summed E-state index contributed by atoms with van der Waals surface area (Å²) in [7, 11) is 0. The Morgan fingerprint density at radius 3 is 2.63 bits per heavy atom. The lowest BCUT2D eigenvalue weighted by atomic mass is 10.1. The molecule has 0 amide bonds. The molecule has 0 aliphatic carbocycles. The zero-order valence-corrected chi connectivity index (χ0v) is 11.1. The average molecular weight is 277 g/mol. The van der Waals surface area contributed by atoms with Crippen molar-refractivity contribution in [3.63, 3.8) is 0 Å². The minimum absolute atomic E-state index is 0.0318. The van der Waals surface area contributed by atoms with Crippen LogP contribution in [0.3, 0.4) is 0 Å². The number of nitrogens with zero attached hydrogens (tertiary/aromatic N) is 1. The zero-order valence-electron chi connectivity index (χ0n) is 10.3. The Morgan fingerprint density at radius 1 is 1.21 bits per heavy atom. The summed E-state index contributed by atoms with van der Waals surface area (Å²) in [6.07, 6.45) is 0. The Labute approximate surface area is 116 Å². The molecule has 0 radical (unpaired) electrons. The molecule has 2 rings (SSSR count). The van der Waals surface area contributed by atoms with Crippen LogP contribution in [0.25, 0.3) is 0 Å². The highest BCUT2D eigenvalue weighted by atomic mass is 35.5. The van der Waals surface area contributed by atoms with Gasteiger partial charge in [-0.2, -0.15) is 0 Å². The molecule has 1 N–H and O–H groups in total. The summed E-state index contributed by atoms with van der Waals surface area (Å²) >= 11 is 6.12. The molecule has 0 heterocycles.